The molecule has 86 valence electrons. The van der Waals surface area contributed by atoms with Gasteiger partial charge in [-0.1, -0.05) is 0 Å². The van der Waals surface area contributed by atoms with Crippen molar-refractivity contribution in [2.45, 2.75) is 0 Å². The number of nitrogen functional groups attached to an aromatic ring is 1. The van der Waals surface area contributed by atoms with Crippen molar-refractivity contribution in [2.75, 3.05) is 19.4 Å². The Hall–Kier alpha value is -1.63. The fourth-order valence-electron chi connectivity index (χ4n) is 1.20. The van der Waals surface area contributed by atoms with Gasteiger partial charge >= 0.3 is 0 Å². The smallest absolute Gasteiger partial charge is 0.265 e. The molecule has 0 bridgehead atoms. The minimum absolute atomic E-state index is 0.182. The van der Waals surface area contributed by atoms with Gasteiger partial charge in [-0.3, -0.25) is 14.9 Å². The quantitative estimate of drug-likeness (QED) is 0.392. The zero-order valence-electron chi connectivity index (χ0n) is 8.40. The number of nitrogens with two attached hydrogens (primary N) is 1. The van der Waals surface area contributed by atoms with E-state index in [2.05, 4.69) is 15.9 Å². The molecule has 6 nitrogen and oxygen atoms in total. The first-order valence-corrected chi connectivity index (χ1v) is 5.03. The molecule has 1 aromatic rings. The molecule has 0 fully saturated rings. The largest absolute Gasteiger partial charge is 0.493 e. The normalized spacial score (nSPS) is 9.88. The number of methoxy groups -OCH3 is 1. The van der Waals surface area contributed by atoms with Crippen molar-refractivity contribution in [3.8, 4) is 5.75 Å². The van der Waals surface area contributed by atoms with Gasteiger partial charge in [-0.05, 0) is 28.1 Å². The monoisotopic (exact) mass is 288 g/mol. The standard InChI is InChI=1S/C9H9BrN2O4/c1-16-9-6(10)2-5(3-7(9)11)8(13)4-12(14)15/h2-3H,4,11H2,1H3. The number of nitro groups is 1. The van der Waals surface area contributed by atoms with Crippen LogP contribution in [0.3, 0.4) is 0 Å². The summed E-state index contributed by atoms with van der Waals surface area (Å²) in [6.45, 7) is -0.752. The summed E-state index contributed by atoms with van der Waals surface area (Å²) in [7, 11) is 1.44. The Morgan fingerprint density at radius 1 is 1.62 bits per heavy atom. The van der Waals surface area contributed by atoms with Crippen LogP contribution in [-0.2, 0) is 0 Å². The first-order chi connectivity index (χ1) is 7.45. The van der Waals surface area contributed by atoms with Gasteiger partial charge in [0.2, 0.25) is 5.78 Å². The number of carbonyl (C=O) groups excluding carboxylic acids is 1. The van der Waals surface area contributed by atoms with Crippen LogP contribution in [0, 0.1) is 10.1 Å². The maximum absolute atomic E-state index is 11.4. The van der Waals surface area contributed by atoms with E-state index in [1.165, 1.54) is 19.2 Å². The van der Waals surface area contributed by atoms with E-state index in [0.29, 0.717) is 10.2 Å². The fourth-order valence-corrected chi connectivity index (χ4v) is 1.84. The van der Waals surface area contributed by atoms with Gasteiger partial charge < -0.3 is 10.5 Å². The van der Waals surface area contributed by atoms with E-state index in [0.717, 1.165) is 0 Å². The topological polar surface area (TPSA) is 95.5 Å². The maximum atomic E-state index is 11.4. The molecule has 2 N–H and O–H groups in total. The summed E-state index contributed by atoms with van der Waals surface area (Å²) in [4.78, 5) is 20.9. The minimum Gasteiger partial charge on any atom is -0.493 e. The van der Waals surface area contributed by atoms with Crippen LogP contribution in [0.1, 0.15) is 10.4 Å². The molecule has 0 atom stereocenters. The van der Waals surface area contributed by atoms with Crippen molar-refractivity contribution in [3.63, 3.8) is 0 Å². The lowest BCUT2D eigenvalue weighted by Gasteiger charge is -2.08. The summed E-state index contributed by atoms with van der Waals surface area (Å²) in [6, 6.07) is 2.80. The molecule has 0 aromatic heterocycles. The van der Waals surface area contributed by atoms with Crippen LogP contribution in [0.5, 0.6) is 5.75 Å². The summed E-state index contributed by atoms with van der Waals surface area (Å²) < 4.78 is 5.46. The van der Waals surface area contributed by atoms with Crippen LogP contribution in [0.15, 0.2) is 16.6 Å². The lowest BCUT2D eigenvalue weighted by atomic mass is 10.1. The van der Waals surface area contributed by atoms with Crippen molar-refractivity contribution in [3.05, 3.63) is 32.3 Å². The molecule has 0 saturated carbocycles. The molecule has 1 rings (SSSR count). The fraction of sp³-hybridized carbons (Fsp3) is 0.222. The number of hydrogen-bond acceptors (Lipinski definition) is 5. The maximum Gasteiger partial charge on any atom is 0.265 e. The summed E-state index contributed by atoms with van der Waals surface area (Å²) in [5, 5.41) is 10.2. The molecule has 0 unspecified atom stereocenters. The van der Waals surface area contributed by atoms with E-state index >= 15 is 0 Å². The van der Waals surface area contributed by atoms with E-state index in [1.54, 1.807) is 0 Å². The molecule has 0 amide bonds. The van der Waals surface area contributed by atoms with Crippen molar-refractivity contribution < 1.29 is 14.5 Å². The van der Waals surface area contributed by atoms with Crippen molar-refractivity contribution >= 4 is 27.4 Å². The van der Waals surface area contributed by atoms with Crippen molar-refractivity contribution in [2.24, 2.45) is 0 Å². The number of anilines is 1. The zero-order valence-corrected chi connectivity index (χ0v) is 9.98. The summed E-state index contributed by atoms with van der Waals surface area (Å²) >= 11 is 3.17. The molecule has 0 aliphatic rings. The summed E-state index contributed by atoms with van der Waals surface area (Å²) in [6.07, 6.45) is 0. The number of carbonyl (C=O) groups is 1. The Balaban J connectivity index is 3.08. The van der Waals surface area contributed by atoms with Crippen molar-refractivity contribution in [1.82, 2.24) is 0 Å². The minimum atomic E-state index is -0.752. The Morgan fingerprint density at radius 3 is 2.69 bits per heavy atom. The van der Waals surface area contributed by atoms with E-state index in [9.17, 15) is 14.9 Å². The molecule has 0 spiro atoms. The number of ketones is 1. The first kappa shape index (κ1) is 12.4. The van der Waals surface area contributed by atoms with Gasteiger partial charge in [-0.25, -0.2) is 0 Å². The molecule has 0 aliphatic carbocycles. The van der Waals surface area contributed by atoms with E-state index in [-0.39, 0.29) is 11.3 Å². The average Bonchev–Trinajstić information content (AvgIpc) is 2.16. The van der Waals surface area contributed by atoms with Crippen LogP contribution >= 0.6 is 15.9 Å². The predicted molar refractivity (Wildman–Crippen MR) is 61.3 cm³/mol. The van der Waals surface area contributed by atoms with Crippen LogP contribution in [0.4, 0.5) is 5.69 Å². The lowest BCUT2D eigenvalue weighted by Crippen LogP contribution is -2.14. The third-order valence-corrected chi connectivity index (χ3v) is 2.46. The highest BCUT2D eigenvalue weighted by molar-refractivity contribution is 9.10. The second-order valence-corrected chi connectivity index (χ2v) is 3.85. The highest BCUT2D eigenvalue weighted by Gasteiger charge is 2.16. The van der Waals surface area contributed by atoms with E-state index < -0.39 is 17.3 Å². The average molecular weight is 289 g/mol. The number of hydrogen-bond donors (Lipinski definition) is 1. The molecule has 0 saturated heterocycles. The second kappa shape index (κ2) is 4.93. The zero-order chi connectivity index (χ0) is 12.3. The molecule has 7 heteroatoms. The molecule has 0 heterocycles. The number of rotatable bonds is 4. The Labute approximate surface area is 99.7 Å². The molecular formula is C9H9BrN2O4. The van der Waals surface area contributed by atoms with Gasteiger partial charge in [-0.15, -0.1) is 0 Å². The molecule has 0 radical (unpaired) electrons. The third-order valence-electron chi connectivity index (χ3n) is 1.87. The van der Waals surface area contributed by atoms with Gasteiger partial charge in [0.05, 0.1) is 17.3 Å². The van der Waals surface area contributed by atoms with Crippen LogP contribution in [0.2, 0.25) is 0 Å². The molecule has 1 aromatic carbocycles. The highest BCUT2D eigenvalue weighted by atomic mass is 79.9. The van der Waals surface area contributed by atoms with E-state index in [1.807, 2.05) is 0 Å². The Bertz CT molecular complexity index is 424. The summed E-state index contributed by atoms with van der Waals surface area (Å²) in [5.41, 5.74) is 6.06. The number of benzene rings is 1. The molecule has 16 heavy (non-hydrogen) atoms. The molecular weight excluding hydrogens is 280 g/mol. The van der Waals surface area contributed by atoms with Crippen LogP contribution in [0.25, 0.3) is 0 Å². The third kappa shape index (κ3) is 2.69. The number of halogens is 1. The van der Waals surface area contributed by atoms with Gasteiger partial charge in [-0.2, -0.15) is 0 Å². The van der Waals surface area contributed by atoms with Gasteiger partial charge in [0.25, 0.3) is 6.54 Å². The van der Waals surface area contributed by atoms with Gasteiger partial charge in [0.15, 0.2) is 5.75 Å². The Morgan fingerprint density at radius 2 is 2.25 bits per heavy atom. The summed E-state index contributed by atoms with van der Waals surface area (Å²) in [5.74, 6) is -0.197. The predicted octanol–water partition coefficient (Wildman–Crippen LogP) is 1.50. The van der Waals surface area contributed by atoms with Crippen LogP contribution < -0.4 is 10.5 Å². The number of nitrogens with zero attached hydrogens (tertiary/aromatic N) is 1. The lowest BCUT2D eigenvalue weighted by molar-refractivity contribution is -0.465. The van der Waals surface area contributed by atoms with E-state index in [4.69, 9.17) is 10.5 Å². The number of Topliss-reactive ketones (excluding diaryl/α,β-unsaturated/α-hetero) is 1. The van der Waals surface area contributed by atoms with Gasteiger partial charge in [0, 0.05) is 10.5 Å². The molecule has 0 aliphatic heterocycles. The SMILES string of the molecule is COc1c(N)cc(C(=O)C[N+](=O)[O-])cc1Br. The van der Waals surface area contributed by atoms with Gasteiger partial charge in [0.1, 0.15) is 0 Å². The van der Waals surface area contributed by atoms with Crippen molar-refractivity contribution in [1.29, 1.82) is 0 Å². The first-order valence-electron chi connectivity index (χ1n) is 4.23. The van der Waals surface area contributed by atoms with Crippen LogP contribution in [-0.4, -0.2) is 24.4 Å². The number of ether oxygens (including phenoxy) is 1. The Kier molecular flexibility index (Phi) is 3.83. The second-order valence-electron chi connectivity index (χ2n) is 2.99. The highest BCUT2D eigenvalue weighted by Crippen LogP contribution is 2.32.